The summed E-state index contributed by atoms with van der Waals surface area (Å²) in [6, 6.07) is 18.6. The van der Waals surface area contributed by atoms with Crippen LogP contribution in [0.1, 0.15) is 132 Å². The van der Waals surface area contributed by atoms with Crippen LogP contribution in [0, 0.1) is 16.7 Å². The van der Waals surface area contributed by atoms with Gasteiger partial charge in [-0.25, -0.2) is 9.59 Å². The van der Waals surface area contributed by atoms with Crippen molar-refractivity contribution < 1.29 is 66.4 Å². The van der Waals surface area contributed by atoms with Gasteiger partial charge in [0.25, 0.3) is 5.91 Å². The summed E-state index contributed by atoms with van der Waals surface area (Å²) >= 11 is 0. The summed E-state index contributed by atoms with van der Waals surface area (Å²) in [7, 11) is -5.56. The van der Waals surface area contributed by atoms with Gasteiger partial charge in [0.1, 0.15) is 23.9 Å². The lowest BCUT2D eigenvalue weighted by molar-refractivity contribution is -0.346. The van der Waals surface area contributed by atoms with Gasteiger partial charge in [-0.3, -0.25) is 19.2 Å². The molecule has 0 radical (unpaired) electrons. The van der Waals surface area contributed by atoms with Crippen molar-refractivity contribution >= 4 is 52.2 Å². The molecule has 1 amide bonds. The SMILES string of the molecule is C/C=C(\C)C(=O)O[C@H]1[C@@H]2[C@]3(OC(C)=O)CO[C@@H]3C[C@H](O[Si](CC)(CC)CC)[C@@]2(C)C(=O)[C@H](OC(C)=O)C2=C(C)[C@@H](OC(=O)[C@H](O[Si](C)(C)C(C)(C)C)[C@@H](NC(=O)c3ccccc3)c3ccccc3)C[C@]1(O)C2(C)C. The first-order valence-electron chi connectivity index (χ1n) is 26.2. The molecule has 4 aliphatic rings. The Balaban J connectivity index is 1.65. The number of hydrogen-bond acceptors (Lipinski definition) is 14. The Labute approximate surface area is 440 Å². The highest BCUT2D eigenvalue weighted by molar-refractivity contribution is 6.74. The summed E-state index contributed by atoms with van der Waals surface area (Å²) in [6.45, 7) is 28.4. The average molecular weight is 1060 g/mol. The van der Waals surface area contributed by atoms with Gasteiger partial charge in [0.2, 0.25) is 0 Å². The maximum absolute atomic E-state index is 16.5. The molecule has 2 aromatic carbocycles. The van der Waals surface area contributed by atoms with E-state index in [0.717, 1.165) is 0 Å². The quantitative estimate of drug-likeness (QED) is 0.0499. The Morgan fingerprint density at radius 3 is 1.96 bits per heavy atom. The van der Waals surface area contributed by atoms with E-state index < -0.39 is 134 Å². The number of aliphatic hydroxyl groups is 1. The summed E-state index contributed by atoms with van der Waals surface area (Å²) in [4.78, 5) is 87.9. The molecule has 1 heterocycles. The summed E-state index contributed by atoms with van der Waals surface area (Å²) < 4.78 is 46.7. The first kappa shape index (κ1) is 58.5. The van der Waals surface area contributed by atoms with E-state index >= 15 is 9.59 Å². The highest BCUT2D eigenvalue weighted by atomic mass is 28.4. The van der Waals surface area contributed by atoms with Crippen LogP contribution in [0.3, 0.4) is 0 Å². The van der Waals surface area contributed by atoms with Gasteiger partial charge < -0.3 is 43.0 Å². The molecule has 0 aromatic heterocycles. The number of allylic oxidation sites excluding steroid dienone is 1. The maximum atomic E-state index is 16.5. The van der Waals surface area contributed by atoms with Crippen LogP contribution in [0.25, 0.3) is 0 Å². The Morgan fingerprint density at radius 2 is 1.46 bits per heavy atom. The molecule has 0 unspecified atom stereocenters. The normalized spacial score (nSPS) is 29.7. The maximum Gasteiger partial charge on any atom is 0.337 e. The minimum Gasteiger partial charge on any atom is -0.456 e. The molecule has 1 aliphatic heterocycles. The number of ketones is 1. The topological polar surface area (TPSA) is 199 Å². The number of amides is 1. The number of benzene rings is 2. The number of hydrogen-bond donors (Lipinski definition) is 2. The third-order valence-electron chi connectivity index (χ3n) is 17.7. The summed E-state index contributed by atoms with van der Waals surface area (Å²) in [5, 5.41) is 17.0. The minimum atomic E-state index is -2.93. The summed E-state index contributed by atoms with van der Waals surface area (Å²) in [5.41, 5.74) is -5.84. The van der Waals surface area contributed by atoms with Crippen LogP contribution >= 0.6 is 0 Å². The van der Waals surface area contributed by atoms with Crippen molar-refractivity contribution in [3.05, 3.63) is 94.6 Å². The molecule has 2 N–H and O–H groups in total. The number of carbonyl (C=O) groups is 6. The van der Waals surface area contributed by atoms with Crippen molar-refractivity contribution in [2.75, 3.05) is 6.61 Å². The number of nitrogens with one attached hydrogen (secondary N) is 1. The van der Waals surface area contributed by atoms with E-state index in [1.165, 1.54) is 13.8 Å². The number of esters is 4. The summed E-state index contributed by atoms with van der Waals surface area (Å²) in [6.07, 6.45) is -6.87. The van der Waals surface area contributed by atoms with Gasteiger partial charge in [0.15, 0.2) is 40.2 Å². The van der Waals surface area contributed by atoms with Crippen molar-refractivity contribution in [2.24, 2.45) is 16.7 Å². The second kappa shape index (κ2) is 21.7. The third kappa shape index (κ3) is 10.4. The van der Waals surface area contributed by atoms with E-state index in [1.807, 2.05) is 39.9 Å². The summed E-state index contributed by atoms with van der Waals surface area (Å²) in [5.74, 6) is -5.69. The van der Waals surface area contributed by atoms with Gasteiger partial charge in [0, 0.05) is 43.2 Å². The fourth-order valence-electron chi connectivity index (χ4n) is 11.8. The van der Waals surface area contributed by atoms with Crippen molar-refractivity contribution in [3.8, 4) is 0 Å². The first-order chi connectivity index (χ1) is 34.4. The van der Waals surface area contributed by atoms with Gasteiger partial charge in [0.05, 0.1) is 30.1 Å². The van der Waals surface area contributed by atoms with Crippen LogP contribution in [0.5, 0.6) is 0 Å². The number of carbonyl (C=O) groups excluding carboxylic acids is 6. The predicted molar refractivity (Wildman–Crippen MR) is 283 cm³/mol. The molecule has 406 valence electrons. The van der Waals surface area contributed by atoms with Gasteiger partial charge in [-0.1, -0.05) is 110 Å². The molecular weight excluding hydrogens is 979 g/mol. The fraction of sp³-hybridized carbons (Fsp3) is 0.614. The molecule has 6 rings (SSSR count). The van der Waals surface area contributed by atoms with E-state index in [1.54, 1.807) is 102 Å². The highest BCUT2D eigenvalue weighted by Crippen LogP contribution is 2.65. The standard InChI is InChI=1S/C57H81NO14Si2/c1-17-34(5)51(63)69-49-47-55(14,41(71-74(18-2,19-3)20-4)31-42-56(47,33-66-42)70-37(8)60)48(61)45(67-36(7)59)43-35(6)40(32-57(49,65)54(43,12)13)68-52(64)46(72-73(15,16)53(9,10)11)44(38-27-23-21-24-28-38)58-50(62)39-29-25-22-26-30-39/h17,21-30,40-42,44-47,49,65H,18-20,31-33H2,1-16H3,(H,58,62)/b34-17+/t40-,41-,42+,44-,45+,46+,47-,49-,55+,56-,57+/m0/s1. The monoisotopic (exact) mass is 1060 g/mol. The van der Waals surface area contributed by atoms with E-state index in [-0.39, 0.29) is 24.2 Å². The zero-order chi connectivity index (χ0) is 55.1. The molecule has 1 saturated heterocycles. The molecular formula is C57H81NO14Si2. The number of rotatable bonds is 17. The van der Waals surface area contributed by atoms with Crippen LogP contribution in [0.15, 0.2) is 83.5 Å². The van der Waals surface area contributed by atoms with Crippen LogP contribution in [-0.4, -0.2) is 112 Å². The lowest BCUT2D eigenvalue weighted by Gasteiger charge is -2.68. The number of ether oxygens (including phenoxy) is 5. The van der Waals surface area contributed by atoms with Crippen molar-refractivity contribution in [1.29, 1.82) is 0 Å². The van der Waals surface area contributed by atoms with E-state index in [4.69, 9.17) is 32.5 Å². The van der Waals surface area contributed by atoms with E-state index in [9.17, 15) is 24.3 Å². The Kier molecular flexibility index (Phi) is 17.1. The Hall–Kier alpha value is -4.79. The highest BCUT2D eigenvalue weighted by Gasteiger charge is 2.79. The van der Waals surface area contributed by atoms with Gasteiger partial charge in [-0.15, -0.1) is 0 Å². The second-order valence-electron chi connectivity index (χ2n) is 23.1. The van der Waals surface area contributed by atoms with E-state index in [0.29, 0.717) is 34.8 Å². The lowest BCUT2D eigenvalue weighted by Crippen LogP contribution is -2.82. The van der Waals surface area contributed by atoms with Crippen LogP contribution in [-0.2, 0) is 56.5 Å². The van der Waals surface area contributed by atoms with Crippen molar-refractivity contribution in [1.82, 2.24) is 5.32 Å². The second-order valence-corrected chi connectivity index (χ2v) is 32.6. The number of Topliss-reactive ketones (excluding diaryl/α,β-unsaturated/α-hetero) is 1. The molecule has 74 heavy (non-hydrogen) atoms. The largest absolute Gasteiger partial charge is 0.456 e. The lowest BCUT2D eigenvalue weighted by atomic mass is 9.44. The first-order valence-corrected chi connectivity index (χ1v) is 31.7. The Bertz CT molecular complexity index is 2510. The minimum absolute atomic E-state index is 0.0984. The van der Waals surface area contributed by atoms with Gasteiger partial charge >= 0.3 is 23.9 Å². The zero-order valence-corrected chi connectivity index (χ0v) is 48.5. The smallest absolute Gasteiger partial charge is 0.337 e. The third-order valence-corrected chi connectivity index (χ3v) is 26.8. The average Bonchev–Trinajstić information content (AvgIpc) is 3.34. The molecule has 3 fully saturated rings. The number of fused-ring (bicyclic) bond motifs is 5. The molecule has 17 heteroatoms. The predicted octanol–water partition coefficient (Wildman–Crippen LogP) is 9.45. The molecule has 0 spiro atoms. The zero-order valence-electron chi connectivity index (χ0n) is 46.5. The molecule has 2 saturated carbocycles. The van der Waals surface area contributed by atoms with Gasteiger partial charge in [-0.05, 0) is 92.8 Å². The molecule has 15 nitrogen and oxygen atoms in total. The molecule has 3 aliphatic carbocycles. The van der Waals surface area contributed by atoms with Crippen molar-refractivity contribution in [3.63, 3.8) is 0 Å². The molecule has 11 atom stereocenters. The van der Waals surface area contributed by atoms with Crippen molar-refractivity contribution in [2.45, 2.75) is 200 Å². The molecule has 2 aromatic rings. The van der Waals surface area contributed by atoms with E-state index in [2.05, 4.69) is 26.1 Å². The molecule has 2 bridgehead atoms. The fourth-order valence-corrected chi connectivity index (χ4v) is 16.0. The van der Waals surface area contributed by atoms with Crippen LogP contribution < -0.4 is 5.32 Å². The van der Waals surface area contributed by atoms with Gasteiger partial charge in [-0.2, -0.15) is 0 Å². The van der Waals surface area contributed by atoms with Crippen LogP contribution in [0.2, 0.25) is 36.3 Å². The van der Waals surface area contributed by atoms with Crippen LogP contribution in [0.4, 0.5) is 0 Å². The Morgan fingerprint density at radius 1 is 0.878 bits per heavy atom.